The van der Waals surface area contributed by atoms with E-state index in [9.17, 15) is 8.60 Å². The Balaban J connectivity index is 2.26. The molecule has 0 radical (unpaired) electrons. The molecule has 1 aromatic heterocycles. The van der Waals surface area contributed by atoms with Crippen LogP contribution in [0.1, 0.15) is 29.7 Å². The lowest BCUT2D eigenvalue weighted by Crippen LogP contribution is -2.03. The van der Waals surface area contributed by atoms with Gasteiger partial charge in [-0.15, -0.1) is 11.3 Å². The molecule has 0 fully saturated rings. The molecule has 1 heterocycles. The van der Waals surface area contributed by atoms with E-state index in [0.717, 1.165) is 32.3 Å². The molecule has 0 aliphatic carbocycles. The van der Waals surface area contributed by atoms with Gasteiger partial charge in [0.1, 0.15) is 5.75 Å². The van der Waals surface area contributed by atoms with Gasteiger partial charge in [0.25, 0.3) is 0 Å². The molecule has 8 heteroatoms. The summed E-state index contributed by atoms with van der Waals surface area (Å²) in [7, 11) is -1.02. The van der Waals surface area contributed by atoms with Crippen LogP contribution in [0.5, 0.6) is 5.75 Å². The molecule has 0 bridgehead atoms. The van der Waals surface area contributed by atoms with E-state index < -0.39 is 16.7 Å². The molecule has 0 amide bonds. The van der Waals surface area contributed by atoms with Crippen LogP contribution < -0.4 is 4.74 Å². The summed E-state index contributed by atoms with van der Waals surface area (Å²) < 4.78 is 38.4. The van der Waals surface area contributed by atoms with Crippen LogP contribution in [0.4, 0.5) is 4.39 Å². The average Bonchev–Trinajstić information content (AvgIpc) is 2.86. The zero-order valence-electron chi connectivity index (χ0n) is 13.9. The standard InChI is InChI=1S/C16H21BrFO3PS2/c1-4-21-22-16(18)15-13(17)11-8-10(2)9-12(14(11)23-15)20-6-5-7-24(3)19/h8-9,16,22H,4-7H2,1-3H3. The summed E-state index contributed by atoms with van der Waals surface area (Å²) in [5.74, 6) is 0.249. The number of hydrogen-bond donors (Lipinski definition) is 0. The van der Waals surface area contributed by atoms with E-state index in [2.05, 4.69) is 15.9 Å². The van der Waals surface area contributed by atoms with Crippen molar-refractivity contribution in [1.82, 2.24) is 0 Å². The molecule has 0 spiro atoms. The molecular weight excluding hydrogens is 434 g/mol. The number of aryl methyl sites for hydroxylation is 1. The first kappa shape index (κ1) is 20.2. The highest BCUT2D eigenvalue weighted by Gasteiger charge is 2.21. The third-order valence-electron chi connectivity index (χ3n) is 3.26. The smallest absolute Gasteiger partial charge is 0.176 e. The van der Waals surface area contributed by atoms with Crippen LogP contribution in [-0.2, 0) is 15.3 Å². The van der Waals surface area contributed by atoms with Crippen LogP contribution >= 0.6 is 36.1 Å². The van der Waals surface area contributed by atoms with Gasteiger partial charge in [-0.2, -0.15) is 0 Å². The van der Waals surface area contributed by atoms with E-state index >= 15 is 0 Å². The van der Waals surface area contributed by atoms with E-state index in [0.29, 0.717) is 23.8 Å². The van der Waals surface area contributed by atoms with E-state index in [1.54, 1.807) is 6.26 Å². The molecule has 0 saturated heterocycles. The highest BCUT2D eigenvalue weighted by molar-refractivity contribution is 9.10. The van der Waals surface area contributed by atoms with Crippen molar-refractivity contribution in [3.63, 3.8) is 0 Å². The van der Waals surface area contributed by atoms with Crippen LogP contribution in [0.25, 0.3) is 10.1 Å². The van der Waals surface area contributed by atoms with Crippen LogP contribution in [-0.4, -0.2) is 29.4 Å². The fourth-order valence-electron chi connectivity index (χ4n) is 2.22. The maximum Gasteiger partial charge on any atom is 0.176 e. The summed E-state index contributed by atoms with van der Waals surface area (Å²) in [6, 6.07) is 4.00. The molecule has 3 atom stereocenters. The molecular formula is C16H21BrFO3PS2. The van der Waals surface area contributed by atoms with Crippen molar-refractivity contribution < 1.29 is 17.9 Å². The SMILES string of the molecule is CCOPC(F)c1sc2c(OCCCS(C)=O)cc(C)cc2c1Br. The van der Waals surface area contributed by atoms with Gasteiger partial charge in [0.2, 0.25) is 0 Å². The summed E-state index contributed by atoms with van der Waals surface area (Å²) in [6.45, 7) is 4.86. The molecule has 1 aromatic carbocycles. The minimum absolute atomic E-state index is 0.204. The first-order valence-corrected chi connectivity index (χ1v) is 11.9. The largest absolute Gasteiger partial charge is 0.492 e. The minimum atomic E-state index is -1.13. The molecule has 0 aliphatic rings. The van der Waals surface area contributed by atoms with Crippen molar-refractivity contribution in [2.45, 2.75) is 26.2 Å². The Bertz CT molecular complexity index is 723. The van der Waals surface area contributed by atoms with E-state index in [-0.39, 0.29) is 8.81 Å². The molecule has 0 N–H and O–H groups in total. The third-order valence-corrected chi connectivity index (χ3v) is 7.66. The Labute approximate surface area is 158 Å². The number of halogens is 2. The molecule has 24 heavy (non-hydrogen) atoms. The number of benzene rings is 1. The quantitative estimate of drug-likeness (QED) is 0.359. The van der Waals surface area contributed by atoms with Crippen LogP contribution in [0, 0.1) is 6.92 Å². The van der Waals surface area contributed by atoms with Gasteiger partial charge in [-0.3, -0.25) is 4.21 Å². The Hall–Kier alpha value is -0.0700. The van der Waals surface area contributed by atoms with Gasteiger partial charge in [-0.1, -0.05) is 0 Å². The predicted molar refractivity (Wildman–Crippen MR) is 107 cm³/mol. The van der Waals surface area contributed by atoms with Gasteiger partial charge in [-0.05, 0) is 53.9 Å². The Morgan fingerprint density at radius 1 is 1.46 bits per heavy atom. The molecule has 134 valence electrons. The second-order valence-electron chi connectivity index (χ2n) is 5.31. The Morgan fingerprint density at radius 3 is 2.88 bits per heavy atom. The highest BCUT2D eigenvalue weighted by Crippen LogP contribution is 2.49. The monoisotopic (exact) mass is 454 g/mol. The molecule has 3 nitrogen and oxygen atoms in total. The normalized spacial score (nSPS) is 14.5. The fraction of sp³-hybridized carbons (Fsp3) is 0.500. The highest BCUT2D eigenvalue weighted by atomic mass is 79.9. The van der Waals surface area contributed by atoms with Crippen molar-refractivity contribution in [3.8, 4) is 5.75 Å². The summed E-state index contributed by atoms with van der Waals surface area (Å²) >= 11 is 4.94. The van der Waals surface area contributed by atoms with Crippen LogP contribution in [0.15, 0.2) is 16.6 Å². The van der Waals surface area contributed by atoms with Crippen molar-refractivity contribution in [2.75, 3.05) is 25.2 Å². The summed E-state index contributed by atoms with van der Waals surface area (Å²) in [6.07, 6.45) is 2.42. The predicted octanol–water partition coefficient (Wildman–Crippen LogP) is 5.72. The van der Waals surface area contributed by atoms with Gasteiger partial charge in [-0.25, -0.2) is 4.39 Å². The first-order valence-electron chi connectivity index (χ1n) is 7.60. The summed E-state index contributed by atoms with van der Waals surface area (Å²) in [5.41, 5.74) is 1.06. The fourth-order valence-corrected chi connectivity index (χ4v) is 5.74. The van der Waals surface area contributed by atoms with Gasteiger partial charge in [0.05, 0.1) is 25.0 Å². The topological polar surface area (TPSA) is 35.5 Å². The van der Waals surface area contributed by atoms with Crippen molar-refractivity contribution in [1.29, 1.82) is 0 Å². The minimum Gasteiger partial charge on any atom is -0.492 e. The number of rotatable bonds is 9. The van der Waals surface area contributed by atoms with E-state index in [1.165, 1.54) is 11.3 Å². The van der Waals surface area contributed by atoms with Gasteiger partial charge < -0.3 is 9.26 Å². The van der Waals surface area contributed by atoms with Gasteiger partial charge >= 0.3 is 0 Å². The lowest BCUT2D eigenvalue weighted by molar-refractivity contribution is 0.322. The van der Waals surface area contributed by atoms with E-state index in [1.807, 2.05) is 26.0 Å². The number of fused-ring (bicyclic) bond motifs is 1. The van der Waals surface area contributed by atoms with Crippen molar-refractivity contribution >= 4 is 57.0 Å². The van der Waals surface area contributed by atoms with Crippen LogP contribution in [0.2, 0.25) is 0 Å². The van der Waals surface area contributed by atoms with Crippen LogP contribution in [0.3, 0.4) is 0 Å². The second-order valence-corrected chi connectivity index (χ2v) is 9.74. The lowest BCUT2D eigenvalue weighted by atomic mass is 10.1. The molecule has 0 aliphatic heterocycles. The van der Waals surface area contributed by atoms with Gasteiger partial charge in [0, 0.05) is 39.3 Å². The average molecular weight is 455 g/mol. The Kier molecular flexibility index (Phi) is 8.08. The maximum absolute atomic E-state index is 14.4. The van der Waals surface area contributed by atoms with Gasteiger partial charge in [0.15, 0.2) is 5.91 Å². The zero-order valence-corrected chi connectivity index (χ0v) is 18.1. The van der Waals surface area contributed by atoms with Crippen molar-refractivity contribution in [3.05, 3.63) is 27.0 Å². The Morgan fingerprint density at radius 2 is 2.21 bits per heavy atom. The number of ether oxygens (including phenoxy) is 1. The second kappa shape index (κ2) is 9.58. The lowest BCUT2D eigenvalue weighted by Gasteiger charge is -2.08. The molecule has 3 unspecified atom stereocenters. The molecule has 2 rings (SSSR count). The number of alkyl halides is 1. The molecule has 2 aromatic rings. The number of thiophene rings is 1. The molecule has 0 saturated carbocycles. The summed E-state index contributed by atoms with van der Waals surface area (Å²) in [5, 5.41) is 0.966. The number of hydrogen-bond acceptors (Lipinski definition) is 4. The first-order chi connectivity index (χ1) is 11.4. The van der Waals surface area contributed by atoms with Crippen molar-refractivity contribution in [2.24, 2.45) is 0 Å². The third kappa shape index (κ3) is 5.21. The summed E-state index contributed by atoms with van der Waals surface area (Å²) in [4.78, 5) is 0.641. The maximum atomic E-state index is 14.4. The van der Waals surface area contributed by atoms with E-state index in [4.69, 9.17) is 9.26 Å². The zero-order chi connectivity index (χ0) is 17.7.